The molecule has 0 spiro atoms. The predicted molar refractivity (Wildman–Crippen MR) is 117 cm³/mol. The van der Waals surface area contributed by atoms with Gasteiger partial charge in [-0.3, -0.25) is 9.69 Å². The minimum atomic E-state index is 0.144. The molecule has 4 rings (SSSR count). The van der Waals surface area contributed by atoms with Gasteiger partial charge >= 0.3 is 0 Å². The Bertz CT molecular complexity index is 874. The van der Waals surface area contributed by atoms with Crippen LogP contribution < -0.4 is 4.90 Å². The van der Waals surface area contributed by atoms with E-state index in [9.17, 15) is 4.79 Å². The highest BCUT2D eigenvalue weighted by atomic mass is 32.1. The molecule has 1 aliphatic carbocycles. The molecule has 1 saturated heterocycles. The van der Waals surface area contributed by atoms with E-state index in [1.54, 1.807) is 0 Å². The third-order valence-electron chi connectivity index (χ3n) is 5.91. The Morgan fingerprint density at radius 2 is 1.93 bits per heavy atom. The van der Waals surface area contributed by atoms with Crippen LogP contribution in [0.15, 0.2) is 0 Å². The number of amides is 1. The van der Waals surface area contributed by atoms with E-state index in [1.807, 2.05) is 42.0 Å². The molecule has 3 heterocycles. The van der Waals surface area contributed by atoms with Crippen molar-refractivity contribution in [2.24, 2.45) is 0 Å². The van der Waals surface area contributed by atoms with E-state index in [1.165, 1.54) is 22.2 Å². The van der Waals surface area contributed by atoms with Gasteiger partial charge in [-0.1, -0.05) is 0 Å². The molecule has 29 heavy (non-hydrogen) atoms. The molecule has 0 radical (unpaired) electrons. The first-order valence-electron chi connectivity index (χ1n) is 10.7. The number of ether oxygens (including phenoxy) is 1. The minimum Gasteiger partial charge on any atom is -0.379 e. The average molecular weight is 418 g/mol. The van der Waals surface area contributed by atoms with E-state index in [0.29, 0.717) is 6.54 Å². The van der Waals surface area contributed by atoms with Crippen molar-refractivity contribution >= 4 is 33.3 Å². The van der Waals surface area contributed by atoms with Crippen LogP contribution in [0.1, 0.15) is 36.5 Å². The lowest BCUT2D eigenvalue weighted by Crippen LogP contribution is -2.39. The van der Waals surface area contributed by atoms with E-state index < -0.39 is 0 Å². The number of hydrogen-bond donors (Lipinski definition) is 0. The molecule has 7 nitrogen and oxygen atoms in total. The van der Waals surface area contributed by atoms with Crippen LogP contribution in [0.5, 0.6) is 0 Å². The smallest absolute Gasteiger partial charge is 0.242 e. The quantitative estimate of drug-likeness (QED) is 0.689. The number of hydrogen-bond acceptors (Lipinski definition) is 7. The van der Waals surface area contributed by atoms with E-state index in [0.717, 1.165) is 75.3 Å². The lowest BCUT2D eigenvalue weighted by molar-refractivity contribution is -0.129. The van der Waals surface area contributed by atoms with E-state index in [2.05, 4.69) is 4.90 Å². The summed E-state index contributed by atoms with van der Waals surface area (Å²) in [5.41, 5.74) is 1.40. The largest absolute Gasteiger partial charge is 0.379 e. The van der Waals surface area contributed by atoms with Crippen molar-refractivity contribution < 1.29 is 9.53 Å². The molecule has 0 unspecified atom stereocenters. The van der Waals surface area contributed by atoms with Crippen molar-refractivity contribution in [2.75, 3.05) is 57.9 Å². The summed E-state index contributed by atoms with van der Waals surface area (Å²) in [4.78, 5) is 31.4. The van der Waals surface area contributed by atoms with Crippen molar-refractivity contribution in [2.45, 2.75) is 39.7 Å². The van der Waals surface area contributed by atoms with Crippen molar-refractivity contribution in [1.29, 1.82) is 0 Å². The van der Waals surface area contributed by atoms with Gasteiger partial charge in [0.2, 0.25) is 5.91 Å². The molecule has 0 saturated carbocycles. The third-order valence-corrected chi connectivity index (χ3v) is 7.10. The van der Waals surface area contributed by atoms with E-state index >= 15 is 0 Å². The maximum absolute atomic E-state index is 12.7. The van der Waals surface area contributed by atoms with Gasteiger partial charge in [0, 0.05) is 38.1 Å². The Hall–Kier alpha value is -1.77. The molecule has 0 aromatic carbocycles. The summed E-state index contributed by atoms with van der Waals surface area (Å²) in [6, 6.07) is 0. The molecule has 2 aromatic rings. The van der Waals surface area contributed by atoms with Crippen LogP contribution in [0.4, 0.5) is 5.82 Å². The summed E-state index contributed by atoms with van der Waals surface area (Å²) in [5.74, 6) is 1.90. The zero-order chi connectivity index (χ0) is 20.4. The molecular weight excluding hydrogens is 386 g/mol. The number of carbonyl (C=O) groups excluding carboxylic acids is 1. The number of fused-ring (bicyclic) bond motifs is 3. The van der Waals surface area contributed by atoms with Gasteiger partial charge in [0.15, 0.2) is 0 Å². The van der Waals surface area contributed by atoms with Crippen molar-refractivity contribution in [3.63, 3.8) is 0 Å². The van der Waals surface area contributed by atoms with Gasteiger partial charge in [-0.15, -0.1) is 11.3 Å². The second-order valence-corrected chi connectivity index (χ2v) is 8.90. The summed E-state index contributed by atoms with van der Waals surface area (Å²) < 4.78 is 5.47. The number of aryl methyl sites for hydroxylation is 2. The predicted octanol–water partition coefficient (Wildman–Crippen LogP) is 2.32. The van der Waals surface area contributed by atoms with E-state index in [-0.39, 0.29) is 5.91 Å². The molecule has 0 N–H and O–H groups in total. The summed E-state index contributed by atoms with van der Waals surface area (Å²) in [6.45, 7) is 9.94. The lowest BCUT2D eigenvalue weighted by Gasteiger charge is -2.27. The van der Waals surface area contributed by atoms with Crippen LogP contribution in [0.2, 0.25) is 0 Å². The van der Waals surface area contributed by atoms with Crippen LogP contribution in [-0.4, -0.2) is 78.7 Å². The Kier molecular flexibility index (Phi) is 6.32. The molecule has 8 heteroatoms. The van der Waals surface area contributed by atoms with Crippen molar-refractivity contribution in [1.82, 2.24) is 19.8 Å². The maximum Gasteiger partial charge on any atom is 0.242 e. The second kappa shape index (κ2) is 8.93. The van der Waals surface area contributed by atoms with Crippen molar-refractivity contribution in [3.05, 3.63) is 16.3 Å². The summed E-state index contributed by atoms with van der Waals surface area (Å²) in [6.07, 6.45) is 3.43. The fraction of sp³-hybridized carbons (Fsp3) is 0.667. The molecular formula is C21H31N5O2S. The van der Waals surface area contributed by atoms with Gasteiger partial charge in [-0.25, -0.2) is 9.97 Å². The normalized spacial score (nSPS) is 16.9. The molecule has 0 bridgehead atoms. The molecule has 1 aliphatic heterocycles. The fourth-order valence-corrected chi connectivity index (χ4v) is 5.55. The number of likely N-dealkylation sites (N-methyl/N-ethyl adjacent to an activating group) is 2. The molecule has 2 aromatic heterocycles. The zero-order valence-corrected chi connectivity index (χ0v) is 18.6. The van der Waals surface area contributed by atoms with Gasteiger partial charge in [0.05, 0.1) is 31.7 Å². The summed E-state index contributed by atoms with van der Waals surface area (Å²) in [7, 11) is 1.99. The first kappa shape index (κ1) is 20.5. The second-order valence-electron chi connectivity index (χ2n) is 7.81. The number of nitrogens with zero attached hydrogens (tertiary/aromatic N) is 5. The van der Waals surface area contributed by atoms with E-state index in [4.69, 9.17) is 14.7 Å². The van der Waals surface area contributed by atoms with Crippen LogP contribution in [0, 0.1) is 0 Å². The SMILES string of the molecule is CCN(CC)C(=O)CN(C)c1nc(CN2CCOCC2)nc2sc3c(c12)CCC3. The standard InChI is InChI=1S/C21H31N5O2S/c1-4-26(5-2)18(27)14-24(3)20-19-15-7-6-8-16(15)29-21(19)23-17(22-20)13-25-9-11-28-12-10-25/h4-14H2,1-3H3. The maximum atomic E-state index is 12.7. The summed E-state index contributed by atoms with van der Waals surface area (Å²) in [5, 5.41) is 1.17. The van der Waals surface area contributed by atoms with Gasteiger partial charge < -0.3 is 14.5 Å². The van der Waals surface area contributed by atoms with Crippen LogP contribution in [-0.2, 0) is 28.9 Å². The molecule has 1 fully saturated rings. The molecule has 2 aliphatic rings. The summed E-state index contributed by atoms with van der Waals surface area (Å²) >= 11 is 1.81. The van der Waals surface area contributed by atoms with Gasteiger partial charge in [0.1, 0.15) is 16.5 Å². The average Bonchev–Trinajstić information content (AvgIpc) is 3.30. The monoisotopic (exact) mass is 417 g/mol. The molecule has 0 atom stereocenters. The third kappa shape index (κ3) is 4.25. The Balaban J connectivity index is 1.66. The van der Waals surface area contributed by atoms with Crippen LogP contribution in [0.25, 0.3) is 10.2 Å². The first-order valence-corrected chi connectivity index (χ1v) is 11.5. The first-order chi connectivity index (χ1) is 14.1. The van der Waals surface area contributed by atoms with Crippen LogP contribution in [0.3, 0.4) is 0 Å². The number of morpholine rings is 1. The van der Waals surface area contributed by atoms with Gasteiger partial charge in [-0.05, 0) is 38.7 Å². The highest BCUT2D eigenvalue weighted by Gasteiger charge is 2.25. The van der Waals surface area contributed by atoms with Gasteiger partial charge in [0.25, 0.3) is 0 Å². The van der Waals surface area contributed by atoms with Crippen LogP contribution >= 0.6 is 11.3 Å². The highest BCUT2D eigenvalue weighted by molar-refractivity contribution is 7.19. The number of thiophene rings is 1. The molecule has 1 amide bonds. The van der Waals surface area contributed by atoms with Gasteiger partial charge in [-0.2, -0.15) is 0 Å². The molecule has 158 valence electrons. The topological polar surface area (TPSA) is 61.8 Å². The minimum absolute atomic E-state index is 0.144. The Labute approximate surface area is 176 Å². The fourth-order valence-electron chi connectivity index (χ4n) is 4.28. The number of carbonyl (C=O) groups is 1. The Morgan fingerprint density at radius 1 is 1.17 bits per heavy atom. The Morgan fingerprint density at radius 3 is 2.66 bits per heavy atom. The number of rotatable bonds is 7. The lowest BCUT2D eigenvalue weighted by atomic mass is 10.2. The van der Waals surface area contributed by atoms with Crippen molar-refractivity contribution in [3.8, 4) is 0 Å². The highest BCUT2D eigenvalue weighted by Crippen LogP contribution is 2.40. The number of anilines is 1. The number of aromatic nitrogens is 2. The zero-order valence-electron chi connectivity index (χ0n) is 17.7.